The summed E-state index contributed by atoms with van der Waals surface area (Å²) in [7, 11) is 3.95. The van der Waals surface area contributed by atoms with Crippen molar-refractivity contribution in [2.45, 2.75) is 16.6 Å². The fourth-order valence-corrected chi connectivity index (χ4v) is 3.10. The fourth-order valence-electron chi connectivity index (χ4n) is 2.01. The second-order valence-electron chi connectivity index (χ2n) is 5.18. The lowest BCUT2D eigenvalue weighted by molar-refractivity contribution is -0.120. The first-order valence-corrected chi connectivity index (χ1v) is 7.48. The lowest BCUT2D eigenvalue weighted by Gasteiger charge is -2.27. The van der Waals surface area contributed by atoms with Crippen molar-refractivity contribution in [2.24, 2.45) is 5.73 Å². The molecule has 1 atom stereocenters. The van der Waals surface area contributed by atoms with Crippen LogP contribution in [-0.2, 0) is 9.54 Å². The molecule has 2 aromatic rings. The van der Waals surface area contributed by atoms with Gasteiger partial charge in [0.2, 0.25) is 5.91 Å². The summed E-state index contributed by atoms with van der Waals surface area (Å²) in [5.41, 5.74) is 7.64. The van der Waals surface area contributed by atoms with Crippen molar-refractivity contribution in [3.8, 4) is 0 Å². The molecule has 0 fully saturated rings. The Morgan fingerprint density at radius 3 is 2.48 bits per heavy atom. The van der Waals surface area contributed by atoms with Gasteiger partial charge in [0.1, 0.15) is 4.75 Å². The van der Waals surface area contributed by atoms with Gasteiger partial charge in [0.05, 0.1) is 0 Å². The Morgan fingerprint density at radius 2 is 1.90 bits per heavy atom. The second kappa shape index (κ2) is 6.22. The first kappa shape index (κ1) is 15.4. The van der Waals surface area contributed by atoms with Gasteiger partial charge in [-0.2, -0.15) is 0 Å². The molecule has 1 radical (unpaired) electrons. The van der Waals surface area contributed by atoms with E-state index >= 15 is 0 Å². The number of amides is 1. The molecule has 0 aliphatic rings. The largest absolute Gasteiger partial charge is 0.378 e. The van der Waals surface area contributed by atoms with Crippen molar-refractivity contribution in [2.75, 3.05) is 19.0 Å². The van der Waals surface area contributed by atoms with Gasteiger partial charge in [0.15, 0.2) is 0 Å². The monoisotopic (exact) mass is 299 g/mol. The zero-order valence-corrected chi connectivity index (χ0v) is 13.3. The van der Waals surface area contributed by atoms with E-state index in [0.717, 1.165) is 16.1 Å². The van der Waals surface area contributed by atoms with Crippen molar-refractivity contribution in [3.63, 3.8) is 0 Å². The second-order valence-corrected chi connectivity index (χ2v) is 6.67. The zero-order chi connectivity index (χ0) is 15.5. The molecule has 0 heterocycles. The van der Waals surface area contributed by atoms with Crippen LogP contribution in [0.5, 0.6) is 0 Å². The SMILES string of the molecule is CN(C)c1cccc(C(C)(Sc2cc[c]cc2)C(N)=O)c1. The van der Waals surface area contributed by atoms with Crippen LogP contribution in [0, 0.1) is 6.07 Å². The smallest absolute Gasteiger partial charge is 0.238 e. The maximum absolute atomic E-state index is 12.1. The van der Waals surface area contributed by atoms with Crippen LogP contribution in [0.2, 0.25) is 0 Å². The molecule has 0 saturated carbocycles. The minimum absolute atomic E-state index is 0.351. The highest BCUT2D eigenvalue weighted by molar-refractivity contribution is 8.01. The van der Waals surface area contributed by atoms with Crippen LogP contribution in [0.25, 0.3) is 0 Å². The molecular formula is C17H19N2OS. The van der Waals surface area contributed by atoms with Crippen molar-refractivity contribution in [1.29, 1.82) is 0 Å². The fraction of sp³-hybridized carbons (Fsp3) is 0.235. The number of benzene rings is 2. The summed E-state index contributed by atoms with van der Waals surface area (Å²) < 4.78 is -0.812. The van der Waals surface area contributed by atoms with Crippen molar-refractivity contribution in [1.82, 2.24) is 0 Å². The number of rotatable bonds is 5. The maximum atomic E-state index is 12.1. The molecule has 1 unspecified atom stereocenters. The van der Waals surface area contributed by atoms with Crippen LogP contribution in [-0.4, -0.2) is 20.0 Å². The molecule has 2 N–H and O–H groups in total. The molecule has 2 aromatic carbocycles. The minimum Gasteiger partial charge on any atom is -0.378 e. The van der Waals surface area contributed by atoms with Crippen LogP contribution >= 0.6 is 11.8 Å². The van der Waals surface area contributed by atoms with Gasteiger partial charge in [-0.25, -0.2) is 0 Å². The van der Waals surface area contributed by atoms with Gasteiger partial charge in [-0.15, -0.1) is 11.8 Å². The summed E-state index contributed by atoms with van der Waals surface area (Å²) in [6.07, 6.45) is 0. The topological polar surface area (TPSA) is 46.3 Å². The molecule has 1 amide bonds. The summed E-state index contributed by atoms with van der Waals surface area (Å²) >= 11 is 1.46. The summed E-state index contributed by atoms with van der Waals surface area (Å²) in [5.74, 6) is -0.351. The Kier molecular flexibility index (Phi) is 4.58. The lowest BCUT2D eigenvalue weighted by atomic mass is 9.99. The Bertz CT molecular complexity index is 628. The molecule has 4 heteroatoms. The number of thioether (sulfide) groups is 1. The van der Waals surface area contributed by atoms with E-state index in [1.165, 1.54) is 11.8 Å². The molecule has 0 saturated heterocycles. The number of primary amides is 1. The van der Waals surface area contributed by atoms with Crippen LogP contribution in [0.3, 0.4) is 0 Å². The molecular weight excluding hydrogens is 280 g/mol. The number of carbonyl (C=O) groups is 1. The number of nitrogens with two attached hydrogens (primary N) is 1. The molecule has 109 valence electrons. The van der Waals surface area contributed by atoms with Gasteiger partial charge >= 0.3 is 0 Å². The maximum Gasteiger partial charge on any atom is 0.238 e. The Hall–Kier alpha value is -1.94. The number of anilines is 1. The van der Waals surface area contributed by atoms with E-state index < -0.39 is 4.75 Å². The molecule has 0 aliphatic heterocycles. The third-order valence-electron chi connectivity index (χ3n) is 3.39. The van der Waals surface area contributed by atoms with E-state index in [0.29, 0.717) is 0 Å². The van der Waals surface area contributed by atoms with Crippen LogP contribution in [0.4, 0.5) is 5.69 Å². The quantitative estimate of drug-likeness (QED) is 0.863. The highest BCUT2D eigenvalue weighted by Crippen LogP contribution is 2.41. The summed E-state index contributed by atoms with van der Waals surface area (Å²) in [6.45, 7) is 1.87. The van der Waals surface area contributed by atoms with Crippen molar-refractivity contribution >= 4 is 23.4 Å². The predicted molar refractivity (Wildman–Crippen MR) is 88.5 cm³/mol. The van der Waals surface area contributed by atoms with Gasteiger partial charge in [-0.3, -0.25) is 4.79 Å². The Morgan fingerprint density at radius 1 is 1.24 bits per heavy atom. The van der Waals surface area contributed by atoms with Gasteiger partial charge in [0, 0.05) is 24.7 Å². The molecule has 21 heavy (non-hydrogen) atoms. The highest BCUT2D eigenvalue weighted by atomic mass is 32.2. The third-order valence-corrected chi connectivity index (χ3v) is 4.75. The van der Waals surface area contributed by atoms with Crippen LogP contribution in [0.1, 0.15) is 12.5 Å². The first-order chi connectivity index (χ1) is 9.93. The standard InChI is InChI=1S/C17H19N2OS/c1-17(16(18)20,21-15-10-5-4-6-11-15)13-8-7-9-14(12-13)19(2)3/h5-12H,1-3H3,(H2,18,20). The van der Waals surface area contributed by atoms with Crippen molar-refractivity contribution in [3.05, 3.63) is 60.2 Å². The first-order valence-electron chi connectivity index (χ1n) is 6.66. The Balaban J connectivity index is 2.42. The zero-order valence-electron chi connectivity index (χ0n) is 12.5. The molecule has 2 rings (SSSR count). The summed E-state index contributed by atoms with van der Waals surface area (Å²) in [6, 6.07) is 18.4. The summed E-state index contributed by atoms with van der Waals surface area (Å²) in [4.78, 5) is 15.1. The van der Waals surface area contributed by atoms with E-state index in [2.05, 4.69) is 6.07 Å². The summed E-state index contributed by atoms with van der Waals surface area (Å²) in [5, 5.41) is 0. The van der Waals surface area contributed by atoms with E-state index in [1.807, 2.05) is 74.4 Å². The van der Waals surface area contributed by atoms with E-state index in [1.54, 1.807) is 0 Å². The van der Waals surface area contributed by atoms with Gasteiger partial charge in [-0.1, -0.05) is 24.3 Å². The Labute approximate surface area is 130 Å². The van der Waals surface area contributed by atoms with Gasteiger partial charge < -0.3 is 10.6 Å². The lowest BCUT2D eigenvalue weighted by Crippen LogP contribution is -2.35. The van der Waals surface area contributed by atoms with Gasteiger partial charge in [0.25, 0.3) is 0 Å². The number of carbonyl (C=O) groups excluding carboxylic acids is 1. The van der Waals surface area contributed by atoms with Gasteiger partial charge in [-0.05, 0) is 42.8 Å². The average molecular weight is 299 g/mol. The molecule has 0 bridgehead atoms. The van der Waals surface area contributed by atoms with Crippen molar-refractivity contribution < 1.29 is 4.79 Å². The molecule has 0 aliphatic carbocycles. The predicted octanol–water partition coefficient (Wildman–Crippen LogP) is 3.05. The minimum atomic E-state index is -0.812. The van der Waals surface area contributed by atoms with E-state index in [9.17, 15) is 4.79 Å². The normalized spacial score (nSPS) is 13.5. The average Bonchev–Trinajstić information content (AvgIpc) is 2.48. The third kappa shape index (κ3) is 3.39. The highest BCUT2D eigenvalue weighted by Gasteiger charge is 2.34. The number of nitrogens with zero attached hydrogens (tertiary/aromatic N) is 1. The molecule has 0 aromatic heterocycles. The number of hydrogen-bond donors (Lipinski definition) is 1. The molecule has 3 nitrogen and oxygen atoms in total. The van der Waals surface area contributed by atoms with Crippen LogP contribution in [0.15, 0.2) is 53.4 Å². The number of hydrogen-bond acceptors (Lipinski definition) is 3. The molecule has 0 spiro atoms. The van der Waals surface area contributed by atoms with E-state index in [-0.39, 0.29) is 5.91 Å². The van der Waals surface area contributed by atoms with E-state index in [4.69, 9.17) is 5.73 Å². The van der Waals surface area contributed by atoms with Crippen LogP contribution < -0.4 is 10.6 Å².